The zero-order valence-corrected chi connectivity index (χ0v) is 15.6. The lowest BCUT2D eigenvalue weighted by Gasteiger charge is -2.31. The topological polar surface area (TPSA) is 49.7 Å². The SMILES string of the molecule is O=S(=O)(/N=C(\c1ccccc1)N1CCc2ccccc2C1)c1ccccc1. The first-order chi connectivity index (χ1) is 13.1. The molecule has 0 atom stereocenters. The van der Waals surface area contributed by atoms with Crippen molar-refractivity contribution in [1.82, 2.24) is 4.90 Å². The Bertz CT molecular complexity index is 1060. The summed E-state index contributed by atoms with van der Waals surface area (Å²) in [4.78, 5) is 2.26. The molecular formula is C22H20N2O2S. The molecule has 27 heavy (non-hydrogen) atoms. The monoisotopic (exact) mass is 376 g/mol. The maximum Gasteiger partial charge on any atom is 0.284 e. The second-order valence-corrected chi connectivity index (χ2v) is 8.11. The van der Waals surface area contributed by atoms with Gasteiger partial charge in [0.15, 0.2) is 0 Å². The molecule has 1 aliphatic heterocycles. The van der Waals surface area contributed by atoms with Gasteiger partial charge in [0.1, 0.15) is 5.84 Å². The second kappa shape index (κ2) is 7.37. The predicted octanol–water partition coefficient (Wildman–Crippen LogP) is 3.88. The lowest BCUT2D eigenvalue weighted by atomic mass is 9.99. The van der Waals surface area contributed by atoms with Crippen molar-refractivity contribution in [2.24, 2.45) is 4.40 Å². The number of nitrogens with zero attached hydrogens (tertiary/aromatic N) is 2. The van der Waals surface area contributed by atoms with Crippen molar-refractivity contribution in [2.75, 3.05) is 6.54 Å². The third-order valence-electron chi connectivity index (χ3n) is 4.71. The molecule has 1 heterocycles. The zero-order valence-electron chi connectivity index (χ0n) is 14.8. The van der Waals surface area contributed by atoms with Gasteiger partial charge in [0, 0.05) is 18.7 Å². The first kappa shape index (κ1) is 17.5. The summed E-state index contributed by atoms with van der Waals surface area (Å²) < 4.78 is 30.0. The zero-order chi connectivity index (χ0) is 18.7. The van der Waals surface area contributed by atoms with Crippen molar-refractivity contribution in [2.45, 2.75) is 17.9 Å². The average molecular weight is 376 g/mol. The minimum atomic E-state index is -3.79. The van der Waals surface area contributed by atoms with E-state index >= 15 is 0 Å². The van der Waals surface area contributed by atoms with E-state index in [9.17, 15) is 8.42 Å². The summed E-state index contributed by atoms with van der Waals surface area (Å²) in [6.45, 7) is 1.38. The van der Waals surface area contributed by atoms with Gasteiger partial charge in [-0.1, -0.05) is 72.8 Å². The van der Waals surface area contributed by atoms with Crippen LogP contribution in [0.5, 0.6) is 0 Å². The van der Waals surface area contributed by atoms with E-state index in [1.165, 1.54) is 11.1 Å². The van der Waals surface area contributed by atoms with Gasteiger partial charge in [-0.05, 0) is 29.7 Å². The van der Waals surface area contributed by atoms with Crippen LogP contribution < -0.4 is 0 Å². The molecule has 0 saturated heterocycles. The van der Waals surface area contributed by atoms with Crippen LogP contribution >= 0.6 is 0 Å². The number of hydrogen-bond acceptors (Lipinski definition) is 2. The van der Waals surface area contributed by atoms with E-state index in [1.54, 1.807) is 30.3 Å². The summed E-state index contributed by atoms with van der Waals surface area (Å²) in [5.41, 5.74) is 3.33. The van der Waals surface area contributed by atoms with Crippen molar-refractivity contribution >= 4 is 15.9 Å². The van der Waals surface area contributed by atoms with Crippen LogP contribution in [0.3, 0.4) is 0 Å². The van der Waals surface area contributed by atoms with Crippen molar-refractivity contribution in [3.8, 4) is 0 Å². The summed E-state index contributed by atoms with van der Waals surface area (Å²) in [6, 6.07) is 26.2. The van der Waals surface area contributed by atoms with E-state index in [-0.39, 0.29) is 4.90 Å². The Morgan fingerprint density at radius 2 is 1.37 bits per heavy atom. The molecule has 0 aromatic heterocycles. The van der Waals surface area contributed by atoms with Crippen LogP contribution in [0.15, 0.2) is 94.2 Å². The van der Waals surface area contributed by atoms with Crippen LogP contribution in [0.25, 0.3) is 0 Å². The standard InChI is InChI=1S/C22H20N2O2S/c25-27(26,21-13-5-2-6-14-21)23-22(19-10-3-1-4-11-19)24-16-15-18-9-7-8-12-20(18)17-24/h1-14H,15-17H2/b23-22+. The highest BCUT2D eigenvalue weighted by molar-refractivity contribution is 7.90. The van der Waals surface area contributed by atoms with Crippen molar-refractivity contribution < 1.29 is 8.42 Å². The Kier molecular flexibility index (Phi) is 4.77. The molecule has 0 aliphatic carbocycles. The Balaban J connectivity index is 1.77. The van der Waals surface area contributed by atoms with Crippen molar-refractivity contribution in [3.63, 3.8) is 0 Å². The average Bonchev–Trinajstić information content (AvgIpc) is 2.73. The molecule has 0 spiro atoms. The molecule has 3 aromatic rings. The van der Waals surface area contributed by atoms with E-state index in [4.69, 9.17) is 0 Å². The molecule has 1 aliphatic rings. The molecule has 0 unspecified atom stereocenters. The molecule has 0 bridgehead atoms. The highest BCUT2D eigenvalue weighted by Crippen LogP contribution is 2.22. The van der Waals surface area contributed by atoms with Crippen LogP contribution in [0.2, 0.25) is 0 Å². The molecule has 0 radical (unpaired) electrons. The molecule has 0 saturated carbocycles. The molecule has 4 rings (SSSR count). The summed E-state index contributed by atoms with van der Waals surface area (Å²) >= 11 is 0. The smallest absolute Gasteiger partial charge is 0.284 e. The number of rotatable bonds is 3. The molecule has 0 N–H and O–H groups in total. The largest absolute Gasteiger partial charge is 0.351 e. The van der Waals surface area contributed by atoms with Gasteiger partial charge in [0.2, 0.25) is 0 Å². The highest BCUT2D eigenvalue weighted by atomic mass is 32.2. The van der Waals surface area contributed by atoms with Gasteiger partial charge in [-0.3, -0.25) is 0 Å². The first-order valence-electron chi connectivity index (χ1n) is 8.91. The lowest BCUT2D eigenvalue weighted by molar-refractivity contribution is 0.395. The third kappa shape index (κ3) is 3.78. The van der Waals surface area contributed by atoms with Gasteiger partial charge in [-0.15, -0.1) is 4.40 Å². The van der Waals surface area contributed by atoms with E-state index in [0.717, 1.165) is 18.5 Å². The van der Waals surface area contributed by atoms with Gasteiger partial charge < -0.3 is 4.90 Å². The molecule has 5 heteroatoms. The molecule has 4 nitrogen and oxygen atoms in total. The number of sulfonamides is 1. The number of fused-ring (bicyclic) bond motifs is 1. The summed E-state index contributed by atoms with van der Waals surface area (Å²) in [5, 5.41) is 0. The number of benzene rings is 3. The first-order valence-corrected chi connectivity index (χ1v) is 10.3. The van der Waals surface area contributed by atoms with E-state index in [2.05, 4.69) is 21.4 Å². The van der Waals surface area contributed by atoms with Gasteiger partial charge in [-0.2, -0.15) is 8.42 Å². The molecule has 136 valence electrons. The Labute approximate surface area is 159 Å². The minimum absolute atomic E-state index is 0.204. The molecular weight excluding hydrogens is 356 g/mol. The van der Waals surface area contributed by atoms with E-state index < -0.39 is 10.0 Å². The third-order valence-corrected chi connectivity index (χ3v) is 5.99. The van der Waals surface area contributed by atoms with Crippen molar-refractivity contribution in [3.05, 3.63) is 102 Å². The number of amidine groups is 1. The van der Waals surface area contributed by atoms with Gasteiger partial charge >= 0.3 is 0 Å². The number of hydrogen-bond donors (Lipinski definition) is 0. The fourth-order valence-corrected chi connectivity index (χ4v) is 4.37. The molecule has 3 aromatic carbocycles. The summed E-state index contributed by atoms with van der Waals surface area (Å²) in [7, 11) is -3.79. The lowest BCUT2D eigenvalue weighted by Crippen LogP contribution is -2.37. The van der Waals surface area contributed by atoms with Crippen LogP contribution in [-0.4, -0.2) is 25.7 Å². The Morgan fingerprint density at radius 1 is 0.778 bits per heavy atom. The van der Waals surface area contributed by atoms with Crippen LogP contribution in [0, 0.1) is 0 Å². The van der Waals surface area contributed by atoms with Crippen LogP contribution in [0.4, 0.5) is 0 Å². The van der Waals surface area contributed by atoms with Gasteiger partial charge in [0.05, 0.1) is 4.90 Å². The van der Waals surface area contributed by atoms with Gasteiger partial charge in [0.25, 0.3) is 10.0 Å². The Morgan fingerprint density at radius 3 is 2.07 bits per heavy atom. The Hall–Kier alpha value is -2.92. The molecule has 0 amide bonds. The fourth-order valence-electron chi connectivity index (χ4n) is 3.32. The van der Waals surface area contributed by atoms with E-state index in [1.807, 2.05) is 42.5 Å². The normalized spacial score (nSPS) is 14.7. The predicted molar refractivity (Wildman–Crippen MR) is 107 cm³/mol. The summed E-state index contributed by atoms with van der Waals surface area (Å²) in [5.74, 6) is 0.494. The minimum Gasteiger partial charge on any atom is -0.351 e. The highest BCUT2D eigenvalue weighted by Gasteiger charge is 2.23. The summed E-state index contributed by atoms with van der Waals surface area (Å²) in [6.07, 6.45) is 0.868. The maximum absolute atomic E-state index is 12.9. The molecule has 0 fully saturated rings. The maximum atomic E-state index is 12.9. The van der Waals surface area contributed by atoms with Crippen molar-refractivity contribution in [1.29, 1.82) is 0 Å². The fraction of sp³-hybridized carbons (Fsp3) is 0.136. The van der Waals surface area contributed by atoms with Gasteiger partial charge in [-0.25, -0.2) is 0 Å². The van der Waals surface area contributed by atoms with E-state index in [0.29, 0.717) is 12.4 Å². The second-order valence-electron chi connectivity index (χ2n) is 6.51. The van der Waals surface area contributed by atoms with Crippen LogP contribution in [0.1, 0.15) is 16.7 Å². The van der Waals surface area contributed by atoms with Crippen LogP contribution in [-0.2, 0) is 23.0 Å². The quantitative estimate of drug-likeness (QED) is 0.515.